The predicted molar refractivity (Wildman–Crippen MR) is 191 cm³/mol. The van der Waals surface area contributed by atoms with Gasteiger partial charge in [0.2, 0.25) is 0 Å². The number of benzene rings is 4. The maximum atomic E-state index is 13.6. The Labute approximate surface area is 278 Å². The van der Waals surface area contributed by atoms with Gasteiger partial charge in [-0.25, -0.2) is 9.78 Å². The van der Waals surface area contributed by atoms with Crippen LogP contribution in [0.15, 0.2) is 91.0 Å². The van der Waals surface area contributed by atoms with E-state index in [-0.39, 0.29) is 17.7 Å². The summed E-state index contributed by atoms with van der Waals surface area (Å²) in [7, 11) is 0. The first-order valence-corrected chi connectivity index (χ1v) is 16.8. The van der Waals surface area contributed by atoms with Gasteiger partial charge in [-0.2, -0.15) is 12.6 Å². The molecule has 0 N–H and O–H groups in total. The van der Waals surface area contributed by atoms with Gasteiger partial charge in [0.1, 0.15) is 11.4 Å². The number of carbonyl (C=O) groups is 2. The van der Waals surface area contributed by atoms with Crippen LogP contribution in [0.3, 0.4) is 0 Å². The monoisotopic (exact) mass is 632 g/mol. The second-order valence-electron chi connectivity index (χ2n) is 13.1. The van der Waals surface area contributed by atoms with Crippen LogP contribution < -0.4 is 0 Å². The summed E-state index contributed by atoms with van der Waals surface area (Å²) in [6.45, 7) is 10.5. The normalized spacial score (nSPS) is 12.3. The Bertz CT molecular complexity index is 1820. The van der Waals surface area contributed by atoms with Crippen molar-refractivity contribution >= 4 is 35.4 Å². The van der Waals surface area contributed by atoms with Crippen molar-refractivity contribution in [1.29, 1.82) is 0 Å². The molecule has 0 radical (unpaired) electrons. The number of fused-ring (bicyclic) bond motifs is 1. The molecule has 4 aromatic carbocycles. The maximum absolute atomic E-state index is 13.6. The molecule has 0 fully saturated rings. The predicted octanol–water partition coefficient (Wildman–Crippen LogP) is 9.33. The van der Waals surface area contributed by atoms with E-state index < -0.39 is 5.60 Å². The van der Waals surface area contributed by atoms with Crippen LogP contribution in [0.1, 0.15) is 83.8 Å². The van der Waals surface area contributed by atoms with E-state index in [2.05, 4.69) is 60.5 Å². The van der Waals surface area contributed by atoms with E-state index in [0.717, 1.165) is 63.9 Å². The van der Waals surface area contributed by atoms with Gasteiger partial charge in [-0.3, -0.25) is 4.79 Å². The van der Waals surface area contributed by atoms with Gasteiger partial charge in [-0.15, -0.1) is 0 Å². The maximum Gasteiger partial charge on any atom is 0.339 e. The lowest BCUT2D eigenvalue weighted by molar-refractivity contribution is 0.00703. The number of nitrogens with zero attached hydrogens (tertiary/aromatic N) is 2. The first-order valence-electron chi connectivity index (χ1n) is 16.2. The molecular weight excluding hydrogens is 589 g/mol. The topological polar surface area (TPSA) is 61.2 Å². The summed E-state index contributed by atoms with van der Waals surface area (Å²) in [4.78, 5) is 31.6. The number of ether oxygens (including phenoxy) is 1. The van der Waals surface area contributed by atoms with Crippen molar-refractivity contribution in [2.75, 3.05) is 5.75 Å². The minimum Gasteiger partial charge on any atom is -0.456 e. The number of carbonyl (C=O) groups excluding carboxylic acids is 2. The highest BCUT2D eigenvalue weighted by Crippen LogP contribution is 2.29. The third-order valence-corrected chi connectivity index (χ3v) is 8.69. The van der Waals surface area contributed by atoms with E-state index in [1.54, 1.807) is 0 Å². The lowest BCUT2D eigenvalue weighted by atomic mass is 9.93. The fraction of sp³-hybridized carbons (Fsp3) is 0.325. The molecule has 0 spiro atoms. The van der Waals surface area contributed by atoms with Crippen LogP contribution in [0.2, 0.25) is 0 Å². The molecule has 0 bridgehead atoms. The molecule has 5 nitrogen and oxygen atoms in total. The number of imidazole rings is 1. The molecule has 0 unspecified atom stereocenters. The van der Waals surface area contributed by atoms with Crippen LogP contribution in [-0.4, -0.2) is 32.7 Å². The third-order valence-electron chi connectivity index (χ3n) is 8.17. The summed E-state index contributed by atoms with van der Waals surface area (Å²) in [5.74, 6) is 1.63. The zero-order valence-corrected chi connectivity index (χ0v) is 28.4. The molecule has 1 aromatic heterocycles. The van der Waals surface area contributed by atoms with Gasteiger partial charge in [-0.1, -0.05) is 79.7 Å². The molecule has 0 aliphatic rings. The Kier molecular flexibility index (Phi) is 10.5. The van der Waals surface area contributed by atoms with E-state index in [1.807, 2.05) is 82.3 Å². The lowest BCUT2D eigenvalue weighted by Gasteiger charge is -2.20. The van der Waals surface area contributed by atoms with E-state index in [9.17, 15) is 9.59 Å². The summed E-state index contributed by atoms with van der Waals surface area (Å²) in [5.41, 5.74) is 7.77. The van der Waals surface area contributed by atoms with Crippen molar-refractivity contribution in [2.45, 2.75) is 72.4 Å². The molecular formula is C40H44N2O3S. The molecule has 5 aromatic rings. The van der Waals surface area contributed by atoms with Gasteiger partial charge in [0.05, 0.1) is 16.6 Å². The van der Waals surface area contributed by atoms with Crippen LogP contribution in [0.5, 0.6) is 0 Å². The molecule has 6 heteroatoms. The van der Waals surface area contributed by atoms with Crippen molar-refractivity contribution in [3.63, 3.8) is 0 Å². The number of esters is 1. The minimum absolute atomic E-state index is 0.137. The summed E-state index contributed by atoms with van der Waals surface area (Å²) >= 11 is 4.58. The zero-order valence-electron chi connectivity index (χ0n) is 27.5. The summed E-state index contributed by atoms with van der Waals surface area (Å²) in [5, 5.41) is 0. The first-order chi connectivity index (χ1) is 22.1. The summed E-state index contributed by atoms with van der Waals surface area (Å²) in [6.07, 6.45) is 3.09. The van der Waals surface area contributed by atoms with E-state index in [4.69, 9.17) is 9.72 Å². The molecule has 1 heterocycles. The number of thiol groups is 1. The molecule has 1 atom stereocenters. The number of ketones is 1. The van der Waals surface area contributed by atoms with Crippen molar-refractivity contribution in [2.24, 2.45) is 5.92 Å². The molecule has 0 saturated heterocycles. The molecule has 5 rings (SSSR count). The first kappa shape index (κ1) is 33.2. The van der Waals surface area contributed by atoms with Crippen molar-refractivity contribution in [1.82, 2.24) is 9.55 Å². The van der Waals surface area contributed by atoms with Gasteiger partial charge in [0, 0.05) is 24.9 Å². The Morgan fingerprint density at radius 1 is 0.913 bits per heavy atom. The Balaban J connectivity index is 1.42. The second-order valence-corrected chi connectivity index (χ2v) is 13.5. The van der Waals surface area contributed by atoms with E-state index in [1.165, 1.54) is 5.56 Å². The van der Waals surface area contributed by atoms with Crippen molar-refractivity contribution < 1.29 is 14.3 Å². The van der Waals surface area contributed by atoms with Gasteiger partial charge >= 0.3 is 5.97 Å². The fourth-order valence-electron chi connectivity index (χ4n) is 5.94. The quantitative estimate of drug-likeness (QED) is 0.0846. The molecule has 0 aliphatic carbocycles. The standard InChI is InChI=1S/C40H44N2O3S/c1-6-12-37-41-38-27(2)21-32(36(43)23-30(26-46)22-28-13-8-7-9-14-28)24-35(38)42(37)25-29-17-19-31(20-18-29)33-15-10-11-16-34(33)39(44)45-40(3,4)5/h7-11,13-21,24,30,46H,6,12,22-23,25-26H2,1-5H3/t30-/m0/s1. The van der Waals surface area contributed by atoms with Crippen LogP contribution >= 0.6 is 12.6 Å². The molecule has 0 amide bonds. The highest BCUT2D eigenvalue weighted by Gasteiger charge is 2.22. The summed E-state index contributed by atoms with van der Waals surface area (Å²) in [6, 6.07) is 30.2. The molecule has 0 saturated carbocycles. The molecule has 46 heavy (non-hydrogen) atoms. The van der Waals surface area contributed by atoms with Gasteiger partial charge in [-0.05, 0) is 98.2 Å². The number of aryl methyl sites for hydroxylation is 2. The van der Waals surface area contributed by atoms with Crippen LogP contribution in [0.4, 0.5) is 0 Å². The van der Waals surface area contributed by atoms with Crippen molar-refractivity contribution in [3.05, 3.63) is 125 Å². The number of hydrogen-bond acceptors (Lipinski definition) is 5. The number of Topliss-reactive ketones (excluding diaryl/α,β-unsaturated/α-hetero) is 1. The Hall–Kier alpha value is -4.16. The SMILES string of the molecule is CCCc1nc2c(C)cc(C(=O)C[C@@H](CS)Cc3ccccc3)cc2n1Cc1ccc(-c2ccccc2C(=O)OC(C)(C)C)cc1. The van der Waals surface area contributed by atoms with E-state index in [0.29, 0.717) is 24.3 Å². The van der Waals surface area contributed by atoms with Crippen molar-refractivity contribution in [3.8, 4) is 11.1 Å². The van der Waals surface area contributed by atoms with E-state index >= 15 is 0 Å². The summed E-state index contributed by atoms with van der Waals surface area (Å²) < 4.78 is 7.93. The minimum atomic E-state index is -0.572. The lowest BCUT2D eigenvalue weighted by Crippen LogP contribution is -2.24. The van der Waals surface area contributed by atoms with Gasteiger partial charge in [0.15, 0.2) is 5.78 Å². The Morgan fingerprint density at radius 3 is 2.28 bits per heavy atom. The number of hydrogen-bond donors (Lipinski definition) is 1. The Morgan fingerprint density at radius 2 is 1.61 bits per heavy atom. The largest absolute Gasteiger partial charge is 0.456 e. The number of rotatable bonds is 12. The molecule has 238 valence electrons. The van der Waals surface area contributed by atoms with Crippen LogP contribution in [-0.2, 0) is 24.1 Å². The highest BCUT2D eigenvalue weighted by atomic mass is 32.1. The fourth-order valence-corrected chi connectivity index (χ4v) is 6.20. The van der Waals surface area contributed by atoms with Crippen LogP contribution in [0.25, 0.3) is 22.2 Å². The number of aromatic nitrogens is 2. The highest BCUT2D eigenvalue weighted by molar-refractivity contribution is 7.80. The third kappa shape index (κ3) is 7.97. The van der Waals surface area contributed by atoms with Gasteiger partial charge in [0.25, 0.3) is 0 Å². The molecule has 0 aliphatic heterocycles. The second kappa shape index (κ2) is 14.5. The smallest absolute Gasteiger partial charge is 0.339 e. The van der Waals surface area contributed by atoms with Gasteiger partial charge < -0.3 is 9.30 Å². The van der Waals surface area contributed by atoms with Crippen LogP contribution in [0, 0.1) is 12.8 Å². The average molecular weight is 633 g/mol. The average Bonchev–Trinajstić information content (AvgIpc) is 3.38. The zero-order chi connectivity index (χ0) is 32.8.